The minimum absolute atomic E-state index is 0.0108. The highest BCUT2D eigenvalue weighted by Crippen LogP contribution is 2.37. The molecule has 2 aromatic carbocycles. The van der Waals surface area contributed by atoms with Crippen LogP contribution in [-0.2, 0) is 4.79 Å². The molecule has 5 nitrogen and oxygen atoms in total. The fourth-order valence-electron chi connectivity index (χ4n) is 2.29. The molecule has 0 aliphatic rings. The summed E-state index contributed by atoms with van der Waals surface area (Å²) in [4.78, 5) is 12.3. The van der Waals surface area contributed by atoms with Crippen LogP contribution < -0.4 is 14.8 Å². The molecule has 0 aliphatic heterocycles. The second kappa shape index (κ2) is 9.60. The number of hydrogen-bond acceptors (Lipinski definition) is 4. The molecule has 0 atom stereocenters. The van der Waals surface area contributed by atoms with Gasteiger partial charge in [0.1, 0.15) is 17.5 Å². The largest absolute Gasteiger partial charge is 0.490 e. The molecule has 0 aromatic heterocycles. The molecule has 2 aromatic rings. The van der Waals surface area contributed by atoms with E-state index in [-0.39, 0.29) is 11.3 Å². The monoisotopic (exact) mass is 388 g/mol. The minimum atomic E-state index is -0.731. The highest BCUT2D eigenvalue weighted by Gasteiger charge is 2.15. The molecule has 0 spiro atoms. The summed E-state index contributed by atoms with van der Waals surface area (Å²) in [5.74, 6) is -0.520. The number of nitriles is 1. The summed E-state index contributed by atoms with van der Waals surface area (Å²) < 4.78 is 24.7. The van der Waals surface area contributed by atoms with Crippen LogP contribution in [0.2, 0.25) is 5.02 Å². The lowest BCUT2D eigenvalue weighted by Crippen LogP contribution is -2.14. The molecule has 0 heterocycles. The van der Waals surface area contributed by atoms with Crippen LogP contribution in [0.4, 0.5) is 10.1 Å². The molecular formula is C20H18ClFN2O3. The number of amides is 1. The third-order valence-electron chi connectivity index (χ3n) is 3.42. The third-order valence-corrected chi connectivity index (χ3v) is 3.70. The molecule has 0 unspecified atom stereocenters. The van der Waals surface area contributed by atoms with Gasteiger partial charge in [-0.05, 0) is 49.8 Å². The summed E-state index contributed by atoms with van der Waals surface area (Å²) in [5, 5.41) is 12.0. The molecule has 2 rings (SSSR count). The predicted octanol–water partition coefficient (Wildman–Crippen LogP) is 4.82. The average Bonchev–Trinajstić information content (AvgIpc) is 2.64. The predicted molar refractivity (Wildman–Crippen MR) is 102 cm³/mol. The van der Waals surface area contributed by atoms with Crippen LogP contribution >= 0.6 is 11.6 Å². The van der Waals surface area contributed by atoms with Gasteiger partial charge in [-0.1, -0.05) is 23.7 Å². The molecule has 1 amide bonds. The van der Waals surface area contributed by atoms with E-state index >= 15 is 0 Å². The molecule has 0 radical (unpaired) electrons. The number of hydrogen-bond donors (Lipinski definition) is 1. The Morgan fingerprint density at radius 1 is 1.26 bits per heavy atom. The molecule has 0 saturated heterocycles. The van der Waals surface area contributed by atoms with Crippen LogP contribution in [-0.4, -0.2) is 19.1 Å². The normalized spacial score (nSPS) is 10.9. The highest BCUT2D eigenvalue weighted by atomic mass is 35.5. The first kappa shape index (κ1) is 20.3. The standard InChI is InChI=1S/C20H18ClFN2O3/c1-3-26-18-11-13(10-15(21)19(18)27-4-2)9-14(12-23)20(25)24-17-8-6-5-7-16(17)22/h5-11H,3-4H2,1-2H3,(H,24,25)/b14-9-. The first-order valence-electron chi connectivity index (χ1n) is 8.26. The number of rotatable bonds is 7. The van der Waals surface area contributed by atoms with Crippen molar-refractivity contribution in [2.24, 2.45) is 0 Å². The quantitative estimate of drug-likeness (QED) is 0.545. The fraction of sp³-hybridized carbons (Fsp3) is 0.200. The Morgan fingerprint density at radius 3 is 2.59 bits per heavy atom. The van der Waals surface area contributed by atoms with Gasteiger partial charge in [0.25, 0.3) is 5.91 Å². The van der Waals surface area contributed by atoms with Crippen molar-refractivity contribution in [1.82, 2.24) is 0 Å². The molecule has 1 N–H and O–H groups in total. The molecular weight excluding hydrogens is 371 g/mol. The van der Waals surface area contributed by atoms with Gasteiger partial charge in [0.2, 0.25) is 0 Å². The number of ether oxygens (including phenoxy) is 2. The van der Waals surface area contributed by atoms with Crippen molar-refractivity contribution in [3.05, 3.63) is 58.4 Å². The number of carbonyl (C=O) groups is 1. The van der Waals surface area contributed by atoms with Gasteiger partial charge in [0.05, 0.1) is 23.9 Å². The van der Waals surface area contributed by atoms with E-state index in [9.17, 15) is 14.4 Å². The molecule has 140 valence electrons. The number of nitrogens with zero attached hydrogens (tertiary/aromatic N) is 1. The lowest BCUT2D eigenvalue weighted by atomic mass is 10.1. The van der Waals surface area contributed by atoms with Gasteiger partial charge in [-0.25, -0.2) is 4.39 Å². The van der Waals surface area contributed by atoms with Crippen LogP contribution in [0.5, 0.6) is 11.5 Å². The third kappa shape index (κ3) is 5.22. The topological polar surface area (TPSA) is 71.3 Å². The molecule has 0 saturated carbocycles. The van der Waals surface area contributed by atoms with Crippen LogP contribution in [0.1, 0.15) is 19.4 Å². The van der Waals surface area contributed by atoms with Crippen LogP contribution in [0.25, 0.3) is 6.08 Å². The number of anilines is 1. The molecule has 7 heteroatoms. The Morgan fingerprint density at radius 2 is 1.96 bits per heavy atom. The van der Waals surface area contributed by atoms with Gasteiger partial charge < -0.3 is 14.8 Å². The van der Waals surface area contributed by atoms with Crippen LogP contribution in [0, 0.1) is 17.1 Å². The minimum Gasteiger partial charge on any atom is -0.490 e. The summed E-state index contributed by atoms with van der Waals surface area (Å²) in [7, 11) is 0. The Balaban J connectivity index is 2.35. The van der Waals surface area contributed by atoms with Gasteiger partial charge in [0, 0.05) is 0 Å². The van der Waals surface area contributed by atoms with E-state index in [0.717, 1.165) is 0 Å². The Bertz CT molecular complexity index is 907. The van der Waals surface area contributed by atoms with Crippen molar-refractivity contribution in [3.63, 3.8) is 0 Å². The summed E-state index contributed by atoms with van der Waals surface area (Å²) in [6.07, 6.45) is 1.35. The van der Waals surface area contributed by atoms with Crippen LogP contribution in [0.3, 0.4) is 0 Å². The number of halogens is 2. The molecule has 0 aliphatic carbocycles. The number of benzene rings is 2. The van der Waals surface area contributed by atoms with E-state index < -0.39 is 11.7 Å². The summed E-state index contributed by atoms with van der Waals surface area (Å²) >= 11 is 6.24. The zero-order valence-electron chi connectivity index (χ0n) is 14.9. The lowest BCUT2D eigenvalue weighted by Gasteiger charge is -2.13. The van der Waals surface area contributed by atoms with Crippen molar-refractivity contribution in [3.8, 4) is 17.6 Å². The van der Waals surface area contributed by atoms with Crippen LogP contribution in [0.15, 0.2) is 42.0 Å². The van der Waals surface area contributed by atoms with Crippen molar-refractivity contribution in [1.29, 1.82) is 5.26 Å². The maximum Gasteiger partial charge on any atom is 0.266 e. The van der Waals surface area contributed by atoms with E-state index in [1.807, 2.05) is 19.9 Å². The summed E-state index contributed by atoms with van der Waals surface area (Å²) in [6, 6.07) is 10.7. The molecule has 0 bridgehead atoms. The summed E-state index contributed by atoms with van der Waals surface area (Å²) in [6.45, 7) is 4.43. The Labute approximate surface area is 162 Å². The van der Waals surface area contributed by atoms with Crippen molar-refractivity contribution >= 4 is 29.3 Å². The SMILES string of the molecule is CCOc1cc(/C=C(/C#N)C(=O)Nc2ccccc2F)cc(Cl)c1OCC. The molecule has 0 fully saturated rings. The first-order valence-corrected chi connectivity index (χ1v) is 8.64. The Hall–Kier alpha value is -3.04. The zero-order chi connectivity index (χ0) is 19.8. The first-order chi connectivity index (χ1) is 13.0. The van der Waals surface area contributed by atoms with Gasteiger partial charge in [-0.3, -0.25) is 4.79 Å². The van der Waals surface area contributed by atoms with E-state index in [4.69, 9.17) is 21.1 Å². The lowest BCUT2D eigenvalue weighted by molar-refractivity contribution is -0.112. The second-order valence-corrected chi connectivity index (χ2v) is 5.71. The highest BCUT2D eigenvalue weighted by molar-refractivity contribution is 6.32. The van der Waals surface area contributed by atoms with Crippen molar-refractivity contribution in [2.75, 3.05) is 18.5 Å². The van der Waals surface area contributed by atoms with E-state index in [1.54, 1.807) is 18.2 Å². The van der Waals surface area contributed by atoms with Gasteiger partial charge in [-0.2, -0.15) is 5.26 Å². The number of carbonyl (C=O) groups excluding carboxylic acids is 1. The second-order valence-electron chi connectivity index (χ2n) is 5.30. The average molecular weight is 389 g/mol. The smallest absolute Gasteiger partial charge is 0.266 e. The van der Waals surface area contributed by atoms with Gasteiger partial charge in [-0.15, -0.1) is 0 Å². The maximum absolute atomic E-state index is 13.7. The van der Waals surface area contributed by atoms with E-state index in [0.29, 0.717) is 35.3 Å². The van der Waals surface area contributed by atoms with Crippen molar-refractivity contribution in [2.45, 2.75) is 13.8 Å². The zero-order valence-corrected chi connectivity index (χ0v) is 15.6. The fourth-order valence-corrected chi connectivity index (χ4v) is 2.56. The van der Waals surface area contributed by atoms with E-state index in [1.165, 1.54) is 24.3 Å². The van der Waals surface area contributed by atoms with Crippen molar-refractivity contribution < 1.29 is 18.7 Å². The number of para-hydroxylation sites is 1. The van der Waals surface area contributed by atoms with Gasteiger partial charge >= 0.3 is 0 Å². The van der Waals surface area contributed by atoms with Gasteiger partial charge in [0.15, 0.2) is 11.5 Å². The number of nitrogens with one attached hydrogen (secondary N) is 1. The maximum atomic E-state index is 13.7. The summed E-state index contributed by atoms with van der Waals surface area (Å²) in [5.41, 5.74) is 0.261. The van der Waals surface area contributed by atoms with E-state index in [2.05, 4.69) is 5.32 Å². The Kier molecular flexibility index (Phi) is 7.21. The molecule has 27 heavy (non-hydrogen) atoms.